The summed E-state index contributed by atoms with van der Waals surface area (Å²) >= 11 is 0. The number of amides is 4. The minimum Gasteiger partial charge on any atom is -0.359 e. The molecule has 0 radical (unpaired) electrons. The lowest BCUT2D eigenvalue weighted by Gasteiger charge is -2.17. The fourth-order valence-electron chi connectivity index (χ4n) is 5.91. The van der Waals surface area contributed by atoms with Gasteiger partial charge in [0.05, 0.1) is 11.8 Å². The van der Waals surface area contributed by atoms with E-state index >= 15 is 0 Å². The molecule has 1 aliphatic carbocycles. The van der Waals surface area contributed by atoms with Crippen molar-refractivity contribution in [2.24, 2.45) is 11.8 Å². The molecule has 2 aromatic rings. The second-order valence-electron chi connectivity index (χ2n) is 11.7. The molecule has 1 heterocycles. The molecule has 1 saturated heterocycles. The average Bonchev–Trinajstić information content (AvgIpc) is 3.64. The lowest BCUT2D eigenvalue weighted by Crippen LogP contribution is -2.41. The maximum atomic E-state index is 13.3. The SMILES string of the molecule is CCCCCCCCCCNC(=O)c1ccc(C(=O)N2C[C@@H](C(=O)NC)[C@H](C(=O)NC3C[C@@H]3c3ccccc3)C2)cc1. The van der Waals surface area contributed by atoms with Gasteiger partial charge in [0.15, 0.2) is 0 Å². The summed E-state index contributed by atoms with van der Waals surface area (Å²) in [5.74, 6) is -1.79. The van der Waals surface area contributed by atoms with Crippen molar-refractivity contribution in [3.63, 3.8) is 0 Å². The second kappa shape index (κ2) is 15.5. The number of nitrogens with zero attached hydrogens (tertiary/aromatic N) is 1. The van der Waals surface area contributed by atoms with Crippen molar-refractivity contribution in [2.45, 2.75) is 76.7 Å². The van der Waals surface area contributed by atoms with Crippen LogP contribution >= 0.6 is 0 Å². The first-order chi connectivity index (χ1) is 20.4. The monoisotopic (exact) mass is 574 g/mol. The Morgan fingerprint density at radius 3 is 2.00 bits per heavy atom. The Balaban J connectivity index is 1.25. The van der Waals surface area contributed by atoms with Crippen molar-refractivity contribution in [1.29, 1.82) is 0 Å². The summed E-state index contributed by atoms with van der Waals surface area (Å²) in [7, 11) is 1.55. The molecular weight excluding hydrogens is 528 g/mol. The van der Waals surface area contributed by atoms with Crippen LogP contribution in [-0.2, 0) is 9.59 Å². The van der Waals surface area contributed by atoms with Gasteiger partial charge >= 0.3 is 0 Å². The third-order valence-corrected chi connectivity index (χ3v) is 8.58. The summed E-state index contributed by atoms with van der Waals surface area (Å²) in [6.07, 6.45) is 10.6. The van der Waals surface area contributed by atoms with Crippen LogP contribution in [0.2, 0.25) is 0 Å². The van der Waals surface area contributed by atoms with E-state index in [1.54, 1.807) is 36.2 Å². The molecule has 1 unspecified atom stereocenters. The predicted octanol–water partition coefficient (Wildman–Crippen LogP) is 4.66. The normalized spacial score (nSPS) is 21.0. The van der Waals surface area contributed by atoms with Crippen LogP contribution < -0.4 is 16.0 Å². The molecule has 0 bridgehead atoms. The van der Waals surface area contributed by atoms with Gasteiger partial charge in [-0.15, -0.1) is 0 Å². The van der Waals surface area contributed by atoms with Crippen LogP contribution in [0.3, 0.4) is 0 Å². The first-order valence-corrected chi connectivity index (χ1v) is 15.7. The molecule has 8 heteroatoms. The van der Waals surface area contributed by atoms with Gasteiger partial charge in [0.2, 0.25) is 11.8 Å². The molecule has 0 spiro atoms. The average molecular weight is 575 g/mol. The van der Waals surface area contributed by atoms with Gasteiger partial charge in [0.1, 0.15) is 0 Å². The molecule has 4 rings (SSSR count). The zero-order valence-corrected chi connectivity index (χ0v) is 25.1. The van der Waals surface area contributed by atoms with Gasteiger partial charge in [0.25, 0.3) is 11.8 Å². The van der Waals surface area contributed by atoms with Crippen LogP contribution in [-0.4, -0.2) is 61.3 Å². The zero-order valence-electron chi connectivity index (χ0n) is 25.1. The van der Waals surface area contributed by atoms with Crippen LogP contribution in [0.4, 0.5) is 0 Å². The van der Waals surface area contributed by atoms with E-state index in [0.717, 1.165) is 19.3 Å². The summed E-state index contributed by atoms with van der Waals surface area (Å²) in [5, 5.41) is 8.73. The summed E-state index contributed by atoms with van der Waals surface area (Å²) in [4.78, 5) is 53.4. The Bertz CT molecular complexity index is 1200. The van der Waals surface area contributed by atoms with Gasteiger partial charge in [-0.25, -0.2) is 0 Å². The number of likely N-dealkylation sites (tertiary alicyclic amines) is 1. The molecule has 2 aromatic carbocycles. The maximum absolute atomic E-state index is 13.3. The van der Waals surface area contributed by atoms with E-state index < -0.39 is 11.8 Å². The van der Waals surface area contributed by atoms with Crippen molar-refractivity contribution in [1.82, 2.24) is 20.9 Å². The number of unbranched alkanes of at least 4 members (excludes halogenated alkanes) is 7. The van der Waals surface area contributed by atoms with Crippen molar-refractivity contribution in [2.75, 3.05) is 26.7 Å². The molecule has 3 N–H and O–H groups in total. The third-order valence-electron chi connectivity index (χ3n) is 8.58. The molecule has 2 fully saturated rings. The number of nitrogens with one attached hydrogen (secondary N) is 3. The van der Waals surface area contributed by atoms with Crippen molar-refractivity contribution in [3.8, 4) is 0 Å². The maximum Gasteiger partial charge on any atom is 0.253 e. The smallest absolute Gasteiger partial charge is 0.253 e. The van der Waals surface area contributed by atoms with E-state index in [2.05, 4.69) is 35.0 Å². The zero-order chi connectivity index (χ0) is 29.9. The lowest BCUT2D eigenvalue weighted by molar-refractivity contribution is -0.132. The Kier molecular flexibility index (Phi) is 11.6. The summed E-state index contributed by atoms with van der Waals surface area (Å²) in [6, 6.07) is 16.7. The van der Waals surface area contributed by atoms with Crippen LogP contribution in [0.5, 0.6) is 0 Å². The molecule has 42 heavy (non-hydrogen) atoms. The first kappa shape index (κ1) is 31.3. The van der Waals surface area contributed by atoms with E-state index in [9.17, 15) is 19.2 Å². The number of benzene rings is 2. The molecular formula is C34H46N4O4. The van der Waals surface area contributed by atoms with Crippen LogP contribution in [0.1, 0.15) is 96.9 Å². The summed E-state index contributed by atoms with van der Waals surface area (Å²) in [5.41, 5.74) is 2.13. The molecule has 1 aliphatic heterocycles. The van der Waals surface area contributed by atoms with Gasteiger partial charge in [-0.05, 0) is 42.7 Å². The number of hydrogen-bond acceptors (Lipinski definition) is 4. The Morgan fingerprint density at radius 1 is 0.762 bits per heavy atom. The van der Waals surface area contributed by atoms with Gasteiger partial charge in [-0.3, -0.25) is 19.2 Å². The predicted molar refractivity (Wildman–Crippen MR) is 164 cm³/mol. The number of rotatable bonds is 15. The molecule has 8 nitrogen and oxygen atoms in total. The van der Waals surface area contributed by atoms with Gasteiger partial charge in [0, 0.05) is 49.8 Å². The van der Waals surface area contributed by atoms with Crippen LogP contribution in [0.25, 0.3) is 0 Å². The van der Waals surface area contributed by atoms with Crippen molar-refractivity contribution >= 4 is 23.6 Å². The molecule has 1 saturated carbocycles. The topological polar surface area (TPSA) is 108 Å². The first-order valence-electron chi connectivity index (χ1n) is 15.7. The summed E-state index contributed by atoms with van der Waals surface area (Å²) < 4.78 is 0. The number of carbonyl (C=O) groups is 4. The van der Waals surface area contributed by atoms with E-state index in [4.69, 9.17) is 0 Å². The van der Waals surface area contributed by atoms with Gasteiger partial charge in [-0.2, -0.15) is 0 Å². The Hall–Kier alpha value is -3.68. The quantitative estimate of drug-likeness (QED) is 0.269. The molecule has 0 aromatic heterocycles. The molecule has 4 atom stereocenters. The Morgan fingerprint density at radius 2 is 1.36 bits per heavy atom. The number of carbonyl (C=O) groups excluding carboxylic acids is 4. The van der Waals surface area contributed by atoms with Crippen LogP contribution in [0, 0.1) is 11.8 Å². The standard InChI is InChI=1S/C34H46N4O4/c1-3-4-5-6-7-8-9-13-20-36-31(39)25-16-18-26(19-17-25)34(42)38-22-28(32(40)35-2)29(23-38)33(41)37-30-21-27(30)24-14-11-10-12-15-24/h10-12,14-19,27-30H,3-9,13,20-23H2,1-2H3,(H,35,40)(H,36,39)(H,37,41)/t27-,28-,29-,30?/m1/s1. The highest BCUT2D eigenvalue weighted by atomic mass is 16.2. The van der Waals surface area contributed by atoms with E-state index in [1.807, 2.05) is 18.2 Å². The van der Waals surface area contributed by atoms with Crippen LogP contribution in [0.15, 0.2) is 54.6 Å². The van der Waals surface area contributed by atoms with E-state index in [1.165, 1.54) is 44.1 Å². The minimum absolute atomic E-state index is 0.0456. The highest BCUT2D eigenvalue weighted by molar-refractivity contribution is 5.99. The van der Waals surface area contributed by atoms with Crippen molar-refractivity contribution in [3.05, 3.63) is 71.3 Å². The highest BCUT2D eigenvalue weighted by Crippen LogP contribution is 2.41. The second-order valence-corrected chi connectivity index (χ2v) is 11.7. The largest absolute Gasteiger partial charge is 0.359 e. The number of hydrogen-bond donors (Lipinski definition) is 3. The van der Waals surface area contributed by atoms with E-state index in [-0.39, 0.29) is 48.7 Å². The van der Waals surface area contributed by atoms with Gasteiger partial charge < -0.3 is 20.9 Å². The molecule has 4 amide bonds. The Labute approximate surface area is 250 Å². The van der Waals surface area contributed by atoms with Crippen molar-refractivity contribution < 1.29 is 19.2 Å². The third kappa shape index (κ3) is 8.43. The van der Waals surface area contributed by atoms with Gasteiger partial charge in [-0.1, -0.05) is 82.2 Å². The molecule has 2 aliphatic rings. The fourth-order valence-corrected chi connectivity index (χ4v) is 5.91. The minimum atomic E-state index is -0.618. The lowest BCUT2D eigenvalue weighted by atomic mass is 9.94. The highest BCUT2D eigenvalue weighted by Gasteiger charge is 2.46. The van der Waals surface area contributed by atoms with E-state index in [0.29, 0.717) is 17.7 Å². The fraction of sp³-hybridized carbons (Fsp3) is 0.529. The summed E-state index contributed by atoms with van der Waals surface area (Å²) in [6.45, 7) is 3.20. The molecule has 226 valence electrons.